The molecule has 0 spiro atoms. The second kappa shape index (κ2) is 6.39. The van der Waals surface area contributed by atoms with Gasteiger partial charge in [-0.15, -0.1) is 0 Å². The molecule has 1 amide bonds. The van der Waals surface area contributed by atoms with Gasteiger partial charge in [-0.05, 0) is 6.42 Å². The summed E-state index contributed by atoms with van der Waals surface area (Å²) in [5.41, 5.74) is 4.76. The van der Waals surface area contributed by atoms with E-state index in [1.54, 1.807) is 0 Å². The highest BCUT2D eigenvalue weighted by Crippen LogP contribution is 1.89. The number of amides is 1. The number of ether oxygens (including phenoxy) is 1. The third-order valence-corrected chi connectivity index (χ3v) is 1.13. The molecule has 0 radical (unpaired) electrons. The molecule has 0 saturated carbocycles. The van der Waals surface area contributed by atoms with E-state index in [0.29, 0.717) is 6.61 Å². The number of primary amides is 1. The van der Waals surface area contributed by atoms with Crippen LogP contribution in [0.2, 0.25) is 0 Å². The van der Waals surface area contributed by atoms with Crippen molar-refractivity contribution in [1.29, 1.82) is 0 Å². The summed E-state index contributed by atoms with van der Waals surface area (Å²) >= 11 is 0. The maximum absolute atomic E-state index is 10.7. The molecular formula is C8H13NO3. The Morgan fingerprint density at radius 2 is 2.08 bits per heavy atom. The summed E-state index contributed by atoms with van der Waals surface area (Å²) in [6, 6.07) is 0. The van der Waals surface area contributed by atoms with E-state index in [4.69, 9.17) is 10.5 Å². The minimum atomic E-state index is -0.651. The lowest BCUT2D eigenvalue weighted by Crippen LogP contribution is -2.08. The van der Waals surface area contributed by atoms with Crippen molar-refractivity contribution in [2.24, 2.45) is 5.73 Å². The summed E-state index contributed by atoms with van der Waals surface area (Å²) in [6.45, 7) is 2.38. The first-order valence-electron chi connectivity index (χ1n) is 3.81. The van der Waals surface area contributed by atoms with Crippen LogP contribution in [-0.4, -0.2) is 18.5 Å². The van der Waals surface area contributed by atoms with Crippen molar-refractivity contribution in [2.75, 3.05) is 6.61 Å². The van der Waals surface area contributed by atoms with E-state index in [2.05, 4.69) is 0 Å². The fraction of sp³-hybridized carbons (Fsp3) is 0.500. The Kier molecular flexibility index (Phi) is 5.69. The van der Waals surface area contributed by atoms with Gasteiger partial charge in [-0.2, -0.15) is 0 Å². The molecule has 0 atom stereocenters. The number of unbranched alkanes of at least 4 members (excludes halogenated alkanes) is 1. The Morgan fingerprint density at radius 3 is 2.58 bits per heavy atom. The van der Waals surface area contributed by atoms with Gasteiger partial charge in [-0.1, -0.05) is 13.3 Å². The molecule has 0 saturated heterocycles. The summed E-state index contributed by atoms with van der Waals surface area (Å²) in [5, 5.41) is 0. The monoisotopic (exact) mass is 171 g/mol. The Labute approximate surface area is 71.4 Å². The Hall–Kier alpha value is -1.32. The predicted molar refractivity (Wildman–Crippen MR) is 44.2 cm³/mol. The van der Waals surface area contributed by atoms with Crippen molar-refractivity contribution in [3.8, 4) is 0 Å². The van der Waals surface area contributed by atoms with Gasteiger partial charge in [0.05, 0.1) is 6.61 Å². The van der Waals surface area contributed by atoms with Crippen LogP contribution in [0.4, 0.5) is 0 Å². The van der Waals surface area contributed by atoms with Gasteiger partial charge in [-0.25, -0.2) is 4.79 Å². The summed E-state index contributed by atoms with van der Waals surface area (Å²) in [5.74, 6) is -1.18. The average Bonchev–Trinajstić information content (AvgIpc) is 2.01. The first-order valence-corrected chi connectivity index (χ1v) is 3.81. The summed E-state index contributed by atoms with van der Waals surface area (Å²) < 4.78 is 4.70. The van der Waals surface area contributed by atoms with Crippen LogP contribution >= 0.6 is 0 Å². The van der Waals surface area contributed by atoms with Crippen LogP contribution in [0.25, 0.3) is 0 Å². The molecule has 0 aromatic rings. The zero-order valence-corrected chi connectivity index (χ0v) is 7.08. The Morgan fingerprint density at radius 1 is 1.42 bits per heavy atom. The van der Waals surface area contributed by atoms with Gasteiger partial charge >= 0.3 is 5.97 Å². The topological polar surface area (TPSA) is 69.4 Å². The molecule has 0 aliphatic carbocycles. The molecule has 4 nitrogen and oxygen atoms in total. The van der Waals surface area contributed by atoms with E-state index >= 15 is 0 Å². The lowest BCUT2D eigenvalue weighted by Gasteiger charge is -1.97. The minimum Gasteiger partial charge on any atom is -0.463 e. The average molecular weight is 171 g/mol. The zero-order valence-electron chi connectivity index (χ0n) is 7.08. The number of rotatable bonds is 5. The molecule has 68 valence electrons. The molecule has 2 N–H and O–H groups in total. The second-order valence-corrected chi connectivity index (χ2v) is 2.26. The lowest BCUT2D eigenvalue weighted by atomic mass is 10.4. The van der Waals surface area contributed by atoms with E-state index < -0.39 is 11.9 Å². The van der Waals surface area contributed by atoms with E-state index in [-0.39, 0.29) is 0 Å². The lowest BCUT2D eigenvalue weighted by molar-refractivity contribution is -0.138. The third kappa shape index (κ3) is 6.80. The van der Waals surface area contributed by atoms with Crippen LogP contribution in [-0.2, 0) is 14.3 Å². The van der Waals surface area contributed by atoms with Crippen LogP contribution < -0.4 is 5.73 Å². The molecule has 12 heavy (non-hydrogen) atoms. The third-order valence-electron chi connectivity index (χ3n) is 1.13. The number of carbonyl (C=O) groups excluding carboxylic acids is 2. The van der Waals surface area contributed by atoms with Crippen LogP contribution in [0.1, 0.15) is 19.8 Å². The summed E-state index contributed by atoms with van der Waals surface area (Å²) in [6.07, 6.45) is 3.80. The van der Waals surface area contributed by atoms with Gasteiger partial charge < -0.3 is 10.5 Å². The second-order valence-electron chi connectivity index (χ2n) is 2.26. The number of hydrogen-bond donors (Lipinski definition) is 1. The molecule has 0 aromatic carbocycles. The first-order chi connectivity index (χ1) is 5.66. The predicted octanol–water partition coefficient (Wildman–Crippen LogP) is 0.371. The summed E-state index contributed by atoms with van der Waals surface area (Å²) in [7, 11) is 0. The highest BCUT2D eigenvalue weighted by atomic mass is 16.5. The van der Waals surface area contributed by atoms with Gasteiger partial charge in [-0.3, -0.25) is 4.79 Å². The Bertz CT molecular complexity index is 187. The fourth-order valence-electron chi connectivity index (χ4n) is 0.515. The van der Waals surface area contributed by atoms with E-state index in [0.717, 1.165) is 25.0 Å². The van der Waals surface area contributed by atoms with Crippen LogP contribution in [0.15, 0.2) is 12.2 Å². The van der Waals surface area contributed by atoms with Crippen LogP contribution in [0, 0.1) is 0 Å². The molecule has 0 unspecified atom stereocenters. The van der Waals surface area contributed by atoms with E-state index in [9.17, 15) is 9.59 Å². The van der Waals surface area contributed by atoms with Gasteiger partial charge in [0.1, 0.15) is 0 Å². The van der Waals surface area contributed by atoms with Crippen LogP contribution in [0.3, 0.4) is 0 Å². The van der Waals surface area contributed by atoms with E-state index in [1.807, 2.05) is 6.92 Å². The molecule has 0 aromatic heterocycles. The van der Waals surface area contributed by atoms with Gasteiger partial charge in [0.15, 0.2) is 0 Å². The van der Waals surface area contributed by atoms with Gasteiger partial charge in [0, 0.05) is 12.2 Å². The quantitative estimate of drug-likeness (QED) is 0.369. The first kappa shape index (κ1) is 10.7. The molecule has 0 fully saturated rings. The zero-order chi connectivity index (χ0) is 9.40. The van der Waals surface area contributed by atoms with Gasteiger partial charge in [0.2, 0.25) is 5.91 Å². The highest BCUT2D eigenvalue weighted by Gasteiger charge is 1.95. The van der Waals surface area contributed by atoms with Crippen molar-refractivity contribution in [1.82, 2.24) is 0 Å². The largest absolute Gasteiger partial charge is 0.463 e. The standard InChI is InChI=1S/C8H13NO3/c1-2-3-6-12-8(11)5-4-7(9)10/h4-5H,2-3,6H2,1H3,(H2,9,10). The van der Waals surface area contributed by atoms with E-state index in [1.165, 1.54) is 0 Å². The van der Waals surface area contributed by atoms with Crippen molar-refractivity contribution >= 4 is 11.9 Å². The van der Waals surface area contributed by atoms with Crippen molar-refractivity contribution in [3.05, 3.63) is 12.2 Å². The van der Waals surface area contributed by atoms with Crippen molar-refractivity contribution in [2.45, 2.75) is 19.8 Å². The van der Waals surface area contributed by atoms with Gasteiger partial charge in [0.25, 0.3) is 0 Å². The minimum absolute atomic E-state index is 0.387. The molecule has 0 bridgehead atoms. The number of nitrogens with two attached hydrogens (primary N) is 1. The Balaban J connectivity index is 3.53. The van der Waals surface area contributed by atoms with Crippen LogP contribution in [0.5, 0.6) is 0 Å². The smallest absolute Gasteiger partial charge is 0.330 e. The molecule has 0 aliphatic rings. The fourth-order valence-corrected chi connectivity index (χ4v) is 0.515. The number of esters is 1. The maximum atomic E-state index is 10.7. The highest BCUT2D eigenvalue weighted by molar-refractivity contribution is 5.93. The molecule has 0 rings (SSSR count). The molecule has 0 heterocycles. The summed E-state index contributed by atoms with van der Waals surface area (Å²) in [4.78, 5) is 20.9. The number of carbonyl (C=O) groups is 2. The maximum Gasteiger partial charge on any atom is 0.330 e. The van der Waals surface area contributed by atoms with Crippen molar-refractivity contribution in [3.63, 3.8) is 0 Å². The molecular weight excluding hydrogens is 158 g/mol. The normalized spacial score (nSPS) is 10.1. The molecule has 4 heteroatoms. The SMILES string of the molecule is CCCCOC(=O)C=CC(N)=O. The molecule has 0 aliphatic heterocycles. The number of hydrogen-bond acceptors (Lipinski definition) is 3. The van der Waals surface area contributed by atoms with Crippen molar-refractivity contribution < 1.29 is 14.3 Å².